The zero-order valence-corrected chi connectivity index (χ0v) is 12.3. The van der Waals surface area contributed by atoms with Crippen molar-refractivity contribution in [1.82, 2.24) is 0 Å². The van der Waals surface area contributed by atoms with Crippen molar-refractivity contribution in [2.75, 3.05) is 23.8 Å². The lowest BCUT2D eigenvalue weighted by Crippen LogP contribution is -2.22. The molecule has 4 N–H and O–H groups in total. The zero-order chi connectivity index (χ0) is 15.0. The normalized spacial score (nSPS) is 12.0. The van der Waals surface area contributed by atoms with Crippen molar-refractivity contribution in [3.8, 4) is 0 Å². The van der Waals surface area contributed by atoms with E-state index in [1.165, 1.54) is 0 Å². The fourth-order valence-electron chi connectivity index (χ4n) is 1.58. The van der Waals surface area contributed by atoms with Gasteiger partial charge in [0.2, 0.25) is 5.91 Å². The Kier molecular flexibility index (Phi) is 7.36. The number of benzene rings is 1. The van der Waals surface area contributed by atoms with Gasteiger partial charge in [0.25, 0.3) is 0 Å². The van der Waals surface area contributed by atoms with Crippen LogP contribution in [-0.2, 0) is 4.79 Å². The molecule has 1 rings (SSSR count). The summed E-state index contributed by atoms with van der Waals surface area (Å²) in [5.74, 6) is -0.0508. The molecule has 0 spiro atoms. The van der Waals surface area contributed by atoms with Crippen LogP contribution in [0.15, 0.2) is 18.2 Å². The van der Waals surface area contributed by atoms with Crippen LogP contribution in [0.25, 0.3) is 0 Å². The van der Waals surface area contributed by atoms with Gasteiger partial charge in [0.1, 0.15) is 0 Å². The molecule has 0 radical (unpaired) electrons. The first-order valence-corrected chi connectivity index (χ1v) is 7.06. The average Bonchev–Trinajstić information content (AvgIpc) is 2.45. The number of unbranched alkanes of at least 4 members (excludes halogenated alkanes) is 1. The molecule has 5 nitrogen and oxygen atoms in total. The lowest BCUT2D eigenvalue weighted by Gasteiger charge is -2.12. The third-order valence-electron chi connectivity index (χ3n) is 2.75. The molecule has 1 atom stereocenters. The summed E-state index contributed by atoms with van der Waals surface area (Å²) in [4.78, 5) is 11.6. The zero-order valence-electron chi connectivity index (χ0n) is 11.5. The first kappa shape index (κ1) is 16.8. The molecule has 6 heteroatoms. The van der Waals surface area contributed by atoms with Crippen LogP contribution in [0.1, 0.15) is 26.2 Å². The smallest absolute Gasteiger partial charge is 0.224 e. The van der Waals surface area contributed by atoms with Gasteiger partial charge >= 0.3 is 0 Å². The Morgan fingerprint density at radius 2 is 2.20 bits per heavy atom. The van der Waals surface area contributed by atoms with Crippen molar-refractivity contribution < 1.29 is 15.0 Å². The first-order chi connectivity index (χ1) is 9.56. The largest absolute Gasteiger partial charge is 0.394 e. The number of halogens is 1. The molecule has 0 fully saturated rings. The van der Waals surface area contributed by atoms with Gasteiger partial charge in [0.05, 0.1) is 23.4 Å². The number of amides is 1. The summed E-state index contributed by atoms with van der Waals surface area (Å²) >= 11 is 6.09. The first-order valence-electron chi connectivity index (χ1n) is 6.69. The van der Waals surface area contributed by atoms with Gasteiger partial charge in [-0.1, -0.05) is 24.9 Å². The molecule has 0 heterocycles. The summed E-state index contributed by atoms with van der Waals surface area (Å²) < 4.78 is 0. The molecule has 0 aromatic heterocycles. The lowest BCUT2D eigenvalue weighted by molar-refractivity contribution is -0.116. The molecule has 0 aliphatic rings. The van der Waals surface area contributed by atoms with E-state index in [1.807, 2.05) is 6.92 Å². The fourth-order valence-corrected chi connectivity index (χ4v) is 1.80. The number of hydrogen-bond donors (Lipinski definition) is 4. The van der Waals surface area contributed by atoms with Gasteiger partial charge < -0.3 is 20.8 Å². The molecule has 1 aromatic rings. The van der Waals surface area contributed by atoms with Crippen LogP contribution in [0.4, 0.5) is 11.4 Å². The van der Waals surface area contributed by atoms with Crippen LogP contribution in [0.2, 0.25) is 5.02 Å². The van der Waals surface area contributed by atoms with Crippen LogP contribution >= 0.6 is 11.6 Å². The summed E-state index contributed by atoms with van der Waals surface area (Å²) in [6, 6.07) is 5.13. The second-order valence-electron chi connectivity index (χ2n) is 4.56. The van der Waals surface area contributed by atoms with E-state index < -0.39 is 6.10 Å². The van der Waals surface area contributed by atoms with Gasteiger partial charge in [-0.15, -0.1) is 0 Å². The quantitative estimate of drug-likeness (QED) is 0.593. The second kappa shape index (κ2) is 8.79. The van der Waals surface area contributed by atoms with Crippen molar-refractivity contribution in [2.24, 2.45) is 0 Å². The van der Waals surface area contributed by atoms with E-state index in [0.717, 1.165) is 12.8 Å². The standard InChI is InChI=1S/C14H21ClN2O3/c1-2-3-4-14(20)17-13-6-5-10(7-12(13)15)16-8-11(19)9-18/h5-7,11,16,18-19H,2-4,8-9H2,1H3,(H,17,20). The topological polar surface area (TPSA) is 81.6 Å². The van der Waals surface area contributed by atoms with Crippen molar-refractivity contribution in [3.05, 3.63) is 23.2 Å². The highest BCUT2D eigenvalue weighted by Gasteiger charge is 2.07. The van der Waals surface area contributed by atoms with Crippen molar-refractivity contribution in [1.29, 1.82) is 0 Å². The number of anilines is 2. The molecule has 0 aliphatic carbocycles. The molecule has 1 aromatic carbocycles. The lowest BCUT2D eigenvalue weighted by atomic mass is 10.2. The third kappa shape index (κ3) is 5.77. The predicted octanol–water partition coefficient (Wildman–Crippen LogP) is 2.23. The minimum Gasteiger partial charge on any atom is -0.394 e. The Morgan fingerprint density at radius 3 is 2.80 bits per heavy atom. The van der Waals surface area contributed by atoms with Gasteiger partial charge in [0.15, 0.2) is 0 Å². The van der Waals surface area contributed by atoms with Crippen LogP contribution in [0, 0.1) is 0 Å². The monoisotopic (exact) mass is 300 g/mol. The number of aliphatic hydroxyl groups excluding tert-OH is 2. The average molecular weight is 301 g/mol. The Hall–Kier alpha value is -1.30. The minimum absolute atomic E-state index is 0.0508. The van der Waals surface area contributed by atoms with E-state index in [9.17, 15) is 9.90 Å². The van der Waals surface area contributed by atoms with Crippen molar-refractivity contribution in [3.63, 3.8) is 0 Å². The summed E-state index contributed by atoms with van der Waals surface area (Å²) in [6.07, 6.45) is 1.48. The molecule has 0 saturated carbocycles. The van der Waals surface area contributed by atoms with Gasteiger partial charge in [-0.2, -0.15) is 0 Å². The van der Waals surface area contributed by atoms with E-state index in [2.05, 4.69) is 10.6 Å². The number of carbonyl (C=O) groups is 1. The molecule has 20 heavy (non-hydrogen) atoms. The summed E-state index contributed by atoms with van der Waals surface area (Å²) in [5.41, 5.74) is 1.29. The number of hydrogen-bond acceptors (Lipinski definition) is 4. The van der Waals surface area contributed by atoms with Crippen molar-refractivity contribution in [2.45, 2.75) is 32.3 Å². The van der Waals surface area contributed by atoms with Gasteiger partial charge in [-0.3, -0.25) is 4.79 Å². The summed E-state index contributed by atoms with van der Waals surface area (Å²) in [6.45, 7) is 1.96. The van der Waals surface area contributed by atoms with Crippen LogP contribution in [-0.4, -0.2) is 35.4 Å². The molecule has 0 aliphatic heterocycles. The highest BCUT2D eigenvalue weighted by molar-refractivity contribution is 6.34. The second-order valence-corrected chi connectivity index (χ2v) is 4.97. The van der Waals surface area contributed by atoms with Gasteiger partial charge in [-0.05, 0) is 24.6 Å². The molecule has 1 unspecified atom stereocenters. The summed E-state index contributed by atoms with van der Waals surface area (Å²) in [5, 5.41) is 24.1. The van der Waals surface area contributed by atoms with Gasteiger partial charge in [0, 0.05) is 18.7 Å². The Morgan fingerprint density at radius 1 is 1.45 bits per heavy atom. The van der Waals surface area contributed by atoms with Crippen LogP contribution in [0.5, 0.6) is 0 Å². The Balaban J connectivity index is 2.57. The fraction of sp³-hybridized carbons (Fsp3) is 0.500. The van der Waals surface area contributed by atoms with Crippen molar-refractivity contribution >= 4 is 28.9 Å². The van der Waals surface area contributed by atoms with Gasteiger partial charge in [-0.25, -0.2) is 0 Å². The number of aliphatic hydroxyl groups is 2. The Bertz CT molecular complexity index is 440. The van der Waals surface area contributed by atoms with E-state index in [-0.39, 0.29) is 19.1 Å². The Labute approximate surface area is 124 Å². The predicted molar refractivity (Wildman–Crippen MR) is 81.2 cm³/mol. The summed E-state index contributed by atoms with van der Waals surface area (Å²) in [7, 11) is 0. The SMILES string of the molecule is CCCCC(=O)Nc1ccc(NCC(O)CO)cc1Cl. The van der Waals surface area contributed by atoms with Crippen LogP contribution in [0.3, 0.4) is 0 Å². The minimum atomic E-state index is -0.817. The molecule has 112 valence electrons. The highest BCUT2D eigenvalue weighted by atomic mass is 35.5. The maximum absolute atomic E-state index is 11.6. The van der Waals surface area contributed by atoms with E-state index >= 15 is 0 Å². The molecular formula is C14H21ClN2O3. The number of rotatable bonds is 8. The maximum Gasteiger partial charge on any atom is 0.224 e. The number of carbonyl (C=O) groups excluding carboxylic acids is 1. The van der Waals surface area contributed by atoms with E-state index in [4.69, 9.17) is 16.7 Å². The highest BCUT2D eigenvalue weighted by Crippen LogP contribution is 2.25. The number of nitrogens with one attached hydrogen (secondary N) is 2. The third-order valence-corrected chi connectivity index (χ3v) is 3.07. The molecule has 0 saturated heterocycles. The molecule has 1 amide bonds. The molecule has 0 bridgehead atoms. The van der Waals surface area contributed by atoms with E-state index in [0.29, 0.717) is 22.8 Å². The van der Waals surface area contributed by atoms with E-state index in [1.54, 1.807) is 18.2 Å². The molecular weight excluding hydrogens is 280 g/mol. The van der Waals surface area contributed by atoms with Crippen LogP contribution < -0.4 is 10.6 Å². The maximum atomic E-state index is 11.6.